The highest BCUT2D eigenvalue weighted by atomic mass is 35.5. The Morgan fingerprint density at radius 1 is 1.00 bits per heavy atom. The number of hydrogen-bond acceptors (Lipinski definition) is 6. The second-order valence-corrected chi connectivity index (χ2v) is 11.0. The number of carbonyl (C=O) groups excluding carboxylic acids is 4. The minimum absolute atomic E-state index is 0.0776. The molecule has 198 valence electrons. The summed E-state index contributed by atoms with van der Waals surface area (Å²) < 4.78 is 5.24. The summed E-state index contributed by atoms with van der Waals surface area (Å²) in [6, 6.07) is 9.94. The monoisotopic (exact) mass is 543 g/mol. The van der Waals surface area contributed by atoms with E-state index in [0.717, 1.165) is 11.1 Å². The van der Waals surface area contributed by atoms with E-state index >= 15 is 0 Å². The molecule has 8 heteroatoms. The van der Waals surface area contributed by atoms with Gasteiger partial charge in [-0.15, -0.1) is 0 Å². The third-order valence-electron chi connectivity index (χ3n) is 8.52. The molecule has 2 aromatic rings. The molecule has 6 rings (SSSR count). The SMILES string of the molecule is COc1ccc([C@H]2C3=CC[C@@H]4C(=O)N(c5ccc(C)c(Cl)c5)C(=O)[C@@H]4[C@@H]3CC3=C2C(=O)C=C(C)C3=O)c(O)c1. The molecule has 1 saturated heterocycles. The summed E-state index contributed by atoms with van der Waals surface area (Å²) in [5, 5.41) is 11.5. The van der Waals surface area contributed by atoms with Gasteiger partial charge in [0.1, 0.15) is 11.5 Å². The van der Waals surface area contributed by atoms with Crippen molar-refractivity contribution in [3.05, 3.63) is 87.0 Å². The van der Waals surface area contributed by atoms with Crippen LogP contribution >= 0.6 is 11.6 Å². The lowest BCUT2D eigenvalue weighted by atomic mass is 9.59. The van der Waals surface area contributed by atoms with Crippen LogP contribution in [0.25, 0.3) is 0 Å². The lowest BCUT2D eigenvalue weighted by Gasteiger charge is -2.42. The number of anilines is 1. The first-order valence-electron chi connectivity index (χ1n) is 12.8. The van der Waals surface area contributed by atoms with Crippen LogP contribution in [0, 0.1) is 24.7 Å². The number of ketones is 2. The Kier molecular flexibility index (Phi) is 5.88. The molecule has 0 radical (unpaired) electrons. The van der Waals surface area contributed by atoms with E-state index in [2.05, 4.69) is 0 Å². The maximum Gasteiger partial charge on any atom is 0.238 e. The van der Waals surface area contributed by atoms with Crippen LogP contribution in [0.15, 0.2) is 70.8 Å². The third kappa shape index (κ3) is 3.71. The number of halogens is 1. The Bertz CT molecular complexity index is 1600. The number of allylic oxidation sites excluding steroid dienone is 6. The number of fused-ring (bicyclic) bond motifs is 3. The molecule has 7 nitrogen and oxygen atoms in total. The molecule has 0 aromatic heterocycles. The predicted octanol–water partition coefficient (Wildman–Crippen LogP) is 5.00. The van der Waals surface area contributed by atoms with Crippen LogP contribution in [-0.4, -0.2) is 35.6 Å². The van der Waals surface area contributed by atoms with Gasteiger partial charge < -0.3 is 9.84 Å². The number of rotatable bonds is 3. The molecule has 0 bridgehead atoms. The molecule has 0 spiro atoms. The van der Waals surface area contributed by atoms with Crippen molar-refractivity contribution in [3.8, 4) is 11.5 Å². The first-order valence-corrected chi connectivity index (χ1v) is 13.2. The molecule has 1 aliphatic heterocycles. The summed E-state index contributed by atoms with van der Waals surface area (Å²) >= 11 is 6.32. The van der Waals surface area contributed by atoms with Gasteiger partial charge in [-0.2, -0.15) is 0 Å². The Morgan fingerprint density at radius 3 is 2.46 bits per heavy atom. The van der Waals surface area contributed by atoms with Crippen LogP contribution < -0.4 is 9.64 Å². The summed E-state index contributed by atoms with van der Waals surface area (Å²) in [6.45, 7) is 3.45. The van der Waals surface area contributed by atoms with Crippen molar-refractivity contribution in [1.82, 2.24) is 0 Å². The van der Waals surface area contributed by atoms with Crippen LogP contribution in [0.5, 0.6) is 11.5 Å². The van der Waals surface area contributed by atoms with E-state index in [1.165, 1.54) is 24.2 Å². The molecule has 0 saturated carbocycles. The molecule has 2 amide bonds. The van der Waals surface area contributed by atoms with Gasteiger partial charge in [0.05, 0.1) is 24.6 Å². The van der Waals surface area contributed by atoms with Crippen LogP contribution in [-0.2, 0) is 19.2 Å². The molecular weight excluding hydrogens is 518 g/mol. The number of amides is 2. The molecule has 1 fully saturated rings. The number of phenolic OH excluding ortho intramolecular Hbond substituents is 1. The van der Waals surface area contributed by atoms with Gasteiger partial charge in [-0.25, -0.2) is 4.90 Å². The predicted molar refractivity (Wildman–Crippen MR) is 145 cm³/mol. The summed E-state index contributed by atoms with van der Waals surface area (Å²) in [7, 11) is 1.49. The van der Waals surface area contributed by atoms with Crippen molar-refractivity contribution >= 4 is 40.7 Å². The normalized spacial score (nSPS) is 26.2. The highest BCUT2D eigenvalue weighted by molar-refractivity contribution is 6.32. The fourth-order valence-corrected chi connectivity index (χ4v) is 6.78. The number of Topliss-reactive ketones (excluding diaryl/α,β-unsaturated/α-hetero) is 1. The van der Waals surface area contributed by atoms with Crippen molar-refractivity contribution in [2.24, 2.45) is 17.8 Å². The standard InChI is InChI=1S/C31H26ClNO6/c1-14-4-5-16(11-23(14)32)33-30(37)20-9-8-18-21(27(20)31(33)38)13-22-28(25(35)10-15(2)29(22)36)26(18)19-7-6-17(39-3)12-24(19)34/h4-8,10-12,20-21,26-27,34H,9,13H2,1-3H3/t20-,21+,26+,27-/m0/s1. The van der Waals surface area contributed by atoms with Crippen molar-refractivity contribution in [2.45, 2.75) is 32.6 Å². The van der Waals surface area contributed by atoms with E-state index in [1.54, 1.807) is 37.3 Å². The second-order valence-electron chi connectivity index (χ2n) is 10.6. The fourth-order valence-electron chi connectivity index (χ4n) is 6.61. The zero-order chi connectivity index (χ0) is 27.7. The van der Waals surface area contributed by atoms with Gasteiger partial charge in [0.25, 0.3) is 0 Å². The van der Waals surface area contributed by atoms with Crippen LogP contribution in [0.4, 0.5) is 5.69 Å². The average molecular weight is 544 g/mol. The zero-order valence-corrected chi connectivity index (χ0v) is 22.4. The summed E-state index contributed by atoms with van der Waals surface area (Å²) in [5.41, 5.74) is 3.48. The van der Waals surface area contributed by atoms with Crippen LogP contribution in [0.1, 0.15) is 36.8 Å². The van der Waals surface area contributed by atoms with Crippen LogP contribution in [0.2, 0.25) is 5.02 Å². The van der Waals surface area contributed by atoms with Crippen molar-refractivity contribution in [3.63, 3.8) is 0 Å². The first kappa shape index (κ1) is 25.3. The Morgan fingerprint density at radius 2 is 1.77 bits per heavy atom. The maximum atomic E-state index is 14.0. The topological polar surface area (TPSA) is 101 Å². The molecule has 2 aromatic carbocycles. The van der Waals surface area contributed by atoms with Gasteiger partial charge in [-0.3, -0.25) is 19.2 Å². The number of ether oxygens (including phenoxy) is 1. The smallest absolute Gasteiger partial charge is 0.238 e. The summed E-state index contributed by atoms with van der Waals surface area (Å²) in [6.07, 6.45) is 3.75. The van der Waals surface area contributed by atoms with E-state index < -0.39 is 23.7 Å². The van der Waals surface area contributed by atoms with Gasteiger partial charge in [0.15, 0.2) is 11.6 Å². The van der Waals surface area contributed by atoms with Crippen molar-refractivity contribution in [1.29, 1.82) is 0 Å². The molecular formula is C31H26ClNO6. The third-order valence-corrected chi connectivity index (χ3v) is 8.93. The van der Waals surface area contributed by atoms with Gasteiger partial charge >= 0.3 is 0 Å². The Hall–Kier alpha value is -3.97. The maximum absolute atomic E-state index is 14.0. The zero-order valence-electron chi connectivity index (χ0n) is 21.7. The number of aromatic hydroxyl groups is 1. The minimum Gasteiger partial charge on any atom is -0.507 e. The lowest BCUT2D eigenvalue weighted by Crippen LogP contribution is -2.39. The minimum atomic E-state index is -0.725. The fraction of sp³-hybridized carbons (Fsp3) is 0.290. The van der Waals surface area contributed by atoms with E-state index in [-0.39, 0.29) is 35.6 Å². The number of nitrogens with zero attached hydrogens (tertiary/aromatic N) is 1. The van der Waals surface area contributed by atoms with Gasteiger partial charge in [0.2, 0.25) is 11.8 Å². The number of imide groups is 1. The molecule has 1 N–H and O–H groups in total. The van der Waals surface area contributed by atoms with Crippen LogP contribution in [0.3, 0.4) is 0 Å². The van der Waals surface area contributed by atoms with E-state index in [4.69, 9.17) is 16.3 Å². The van der Waals surface area contributed by atoms with Gasteiger partial charge in [0, 0.05) is 39.3 Å². The summed E-state index contributed by atoms with van der Waals surface area (Å²) in [4.78, 5) is 55.5. The number of carbonyl (C=O) groups is 4. The molecule has 4 aliphatic rings. The number of methoxy groups -OCH3 is 1. The van der Waals surface area contributed by atoms with Gasteiger partial charge in [-0.1, -0.05) is 35.4 Å². The van der Waals surface area contributed by atoms with Gasteiger partial charge in [-0.05, 0) is 62.4 Å². The Labute approximate surface area is 230 Å². The second kappa shape index (κ2) is 9.06. The Balaban J connectivity index is 1.49. The summed E-state index contributed by atoms with van der Waals surface area (Å²) in [5.74, 6) is -3.32. The van der Waals surface area contributed by atoms with E-state index in [1.807, 2.05) is 13.0 Å². The molecule has 3 aliphatic carbocycles. The highest BCUT2D eigenvalue weighted by Crippen LogP contribution is 2.56. The quantitative estimate of drug-likeness (QED) is 0.332. The van der Waals surface area contributed by atoms with E-state index in [0.29, 0.717) is 45.2 Å². The average Bonchev–Trinajstić information content (AvgIpc) is 3.17. The molecule has 1 heterocycles. The van der Waals surface area contributed by atoms with Crippen molar-refractivity contribution in [2.75, 3.05) is 12.0 Å². The molecule has 0 unspecified atom stereocenters. The molecule has 4 atom stereocenters. The van der Waals surface area contributed by atoms with Crippen molar-refractivity contribution < 1.29 is 29.0 Å². The largest absolute Gasteiger partial charge is 0.507 e. The lowest BCUT2D eigenvalue weighted by molar-refractivity contribution is -0.123. The number of aryl methyl sites for hydroxylation is 1. The number of phenols is 1. The number of hydrogen-bond donors (Lipinski definition) is 1. The first-order chi connectivity index (χ1) is 18.6. The van der Waals surface area contributed by atoms with E-state index in [9.17, 15) is 24.3 Å². The highest BCUT2D eigenvalue weighted by Gasteiger charge is 2.56. The number of benzene rings is 2. The molecule has 39 heavy (non-hydrogen) atoms.